The highest BCUT2D eigenvalue weighted by atomic mass is 19.1. The molecule has 1 aliphatic rings. The largest absolute Gasteiger partial charge is 0.457 e. The fourth-order valence-electron chi connectivity index (χ4n) is 2.64. The average Bonchev–Trinajstić information content (AvgIpc) is 2.94. The van der Waals surface area contributed by atoms with Gasteiger partial charge in [0.1, 0.15) is 12.4 Å². The molecular formula is C17H16FNO2. The van der Waals surface area contributed by atoms with E-state index in [-0.39, 0.29) is 12.2 Å². The zero-order chi connectivity index (χ0) is 14.8. The molecule has 0 amide bonds. The Morgan fingerprint density at radius 2 is 1.95 bits per heavy atom. The number of esters is 1. The Balaban J connectivity index is 1.70. The van der Waals surface area contributed by atoms with Crippen LogP contribution >= 0.6 is 0 Å². The van der Waals surface area contributed by atoms with Gasteiger partial charge < -0.3 is 10.5 Å². The van der Waals surface area contributed by atoms with Crippen molar-refractivity contribution in [3.8, 4) is 0 Å². The molecule has 21 heavy (non-hydrogen) atoms. The molecule has 2 N–H and O–H groups in total. The third kappa shape index (κ3) is 2.89. The lowest BCUT2D eigenvalue weighted by Crippen LogP contribution is -2.08. The van der Waals surface area contributed by atoms with E-state index in [1.165, 1.54) is 35.7 Å². The molecule has 0 bridgehead atoms. The summed E-state index contributed by atoms with van der Waals surface area (Å²) in [6.45, 7) is 0.139. The molecule has 0 spiro atoms. The summed E-state index contributed by atoms with van der Waals surface area (Å²) in [5.41, 5.74) is 9.38. The zero-order valence-corrected chi connectivity index (χ0v) is 11.6. The average molecular weight is 285 g/mol. The number of hydrogen-bond acceptors (Lipinski definition) is 3. The molecule has 0 heterocycles. The number of aryl methyl sites for hydroxylation is 2. The van der Waals surface area contributed by atoms with Crippen LogP contribution in [-0.4, -0.2) is 5.97 Å². The van der Waals surface area contributed by atoms with Gasteiger partial charge in [0.25, 0.3) is 0 Å². The first kappa shape index (κ1) is 13.6. The second kappa shape index (κ2) is 5.56. The normalized spacial score (nSPS) is 13.0. The minimum absolute atomic E-state index is 0.129. The monoisotopic (exact) mass is 285 g/mol. The Hall–Kier alpha value is -2.36. The van der Waals surface area contributed by atoms with Gasteiger partial charge in [0.05, 0.1) is 5.56 Å². The summed E-state index contributed by atoms with van der Waals surface area (Å²) < 4.78 is 18.7. The fraction of sp³-hybridized carbons (Fsp3) is 0.235. The van der Waals surface area contributed by atoms with Crippen LogP contribution in [-0.2, 0) is 24.2 Å². The number of hydrogen-bond donors (Lipinski definition) is 1. The molecule has 1 aliphatic carbocycles. The lowest BCUT2D eigenvalue weighted by molar-refractivity contribution is 0.0467. The number of carbonyl (C=O) groups excluding carboxylic acids is 1. The summed E-state index contributed by atoms with van der Waals surface area (Å²) in [4.78, 5) is 11.9. The first-order valence-electron chi connectivity index (χ1n) is 6.96. The number of halogens is 1. The standard InChI is InChI=1S/C17H16FNO2/c18-16-7-6-14(19)9-15(16)17(20)21-10-11-4-5-12-2-1-3-13(12)8-11/h4-9H,1-3,10,19H2. The van der Waals surface area contributed by atoms with E-state index < -0.39 is 11.8 Å². The molecular weight excluding hydrogens is 269 g/mol. The summed E-state index contributed by atoms with van der Waals surface area (Å²) in [7, 11) is 0. The maximum atomic E-state index is 13.6. The minimum atomic E-state index is -0.694. The van der Waals surface area contributed by atoms with Gasteiger partial charge >= 0.3 is 5.97 Å². The molecule has 0 unspecified atom stereocenters. The number of nitrogens with two attached hydrogens (primary N) is 1. The van der Waals surface area contributed by atoms with Gasteiger partial charge in [0.2, 0.25) is 0 Å². The lowest BCUT2D eigenvalue weighted by Gasteiger charge is -2.08. The van der Waals surface area contributed by atoms with Crippen LogP contribution in [0.3, 0.4) is 0 Å². The fourth-order valence-corrected chi connectivity index (χ4v) is 2.64. The molecule has 0 saturated heterocycles. The topological polar surface area (TPSA) is 52.3 Å². The molecule has 0 atom stereocenters. The van der Waals surface area contributed by atoms with Crippen LogP contribution in [0.1, 0.15) is 33.5 Å². The van der Waals surface area contributed by atoms with Crippen molar-refractivity contribution in [2.24, 2.45) is 0 Å². The molecule has 0 saturated carbocycles. The van der Waals surface area contributed by atoms with Crippen LogP contribution in [0.5, 0.6) is 0 Å². The van der Waals surface area contributed by atoms with Gasteiger partial charge in [-0.3, -0.25) is 0 Å². The number of carbonyl (C=O) groups is 1. The molecule has 0 fully saturated rings. The molecule has 2 aromatic rings. The van der Waals surface area contributed by atoms with Gasteiger partial charge in [0, 0.05) is 5.69 Å². The third-order valence-electron chi connectivity index (χ3n) is 3.74. The molecule has 2 aromatic carbocycles. The van der Waals surface area contributed by atoms with Crippen molar-refractivity contribution in [2.75, 3.05) is 5.73 Å². The van der Waals surface area contributed by atoms with Crippen LogP contribution in [0.4, 0.5) is 10.1 Å². The number of benzene rings is 2. The van der Waals surface area contributed by atoms with E-state index >= 15 is 0 Å². The molecule has 3 nitrogen and oxygen atoms in total. The van der Waals surface area contributed by atoms with Gasteiger partial charge in [-0.15, -0.1) is 0 Å². The van der Waals surface area contributed by atoms with E-state index in [9.17, 15) is 9.18 Å². The van der Waals surface area contributed by atoms with Crippen molar-refractivity contribution in [1.29, 1.82) is 0 Å². The smallest absolute Gasteiger partial charge is 0.341 e. The molecule has 0 aromatic heterocycles. The Morgan fingerprint density at radius 1 is 1.14 bits per heavy atom. The van der Waals surface area contributed by atoms with Crippen LogP contribution < -0.4 is 5.73 Å². The van der Waals surface area contributed by atoms with Crippen LogP contribution in [0.2, 0.25) is 0 Å². The summed E-state index contributed by atoms with van der Waals surface area (Å²) in [5, 5.41) is 0. The van der Waals surface area contributed by atoms with Gasteiger partial charge in [-0.1, -0.05) is 18.2 Å². The van der Waals surface area contributed by atoms with Gasteiger partial charge in [-0.2, -0.15) is 0 Å². The van der Waals surface area contributed by atoms with Crippen LogP contribution in [0.25, 0.3) is 0 Å². The van der Waals surface area contributed by atoms with Crippen molar-refractivity contribution in [2.45, 2.75) is 25.9 Å². The second-order valence-corrected chi connectivity index (χ2v) is 5.27. The minimum Gasteiger partial charge on any atom is -0.457 e. The van der Waals surface area contributed by atoms with Crippen molar-refractivity contribution in [3.05, 3.63) is 64.5 Å². The maximum Gasteiger partial charge on any atom is 0.341 e. The van der Waals surface area contributed by atoms with Gasteiger partial charge in [-0.05, 0) is 54.2 Å². The highest BCUT2D eigenvalue weighted by Gasteiger charge is 2.15. The van der Waals surface area contributed by atoms with E-state index in [0.29, 0.717) is 5.69 Å². The van der Waals surface area contributed by atoms with Gasteiger partial charge in [0.15, 0.2) is 0 Å². The number of rotatable bonds is 3. The van der Waals surface area contributed by atoms with E-state index in [2.05, 4.69) is 12.1 Å². The Morgan fingerprint density at radius 3 is 2.81 bits per heavy atom. The second-order valence-electron chi connectivity index (χ2n) is 5.27. The Kier molecular flexibility index (Phi) is 3.60. The van der Waals surface area contributed by atoms with E-state index in [0.717, 1.165) is 18.4 Å². The zero-order valence-electron chi connectivity index (χ0n) is 11.6. The summed E-state index contributed by atoms with van der Waals surface area (Å²) >= 11 is 0. The van der Waals surface area contributed by atoms with Gasteiger partial charge in [-0.25, -0.2) is 9.18 Å². The third-order valence-corrected chi connectivity index (χ3v) is 3.74. The Bertz CT molecular complexity index is 697. The molecule has 0 aliphatic heterocycles. The van der Waals surface area contributed by atoms with E-state index in [1.807, 2.05) is 6.07 Å². The summed E-state index contributed by atoms with van der Waals surface area (Å²) in [5.74, 6) is -1.32. The van der Waals surface area contributed by atoms with E-state index in [1.54, 1.807) is 0 Å². The molecule has 108 valence electrons. The number of fused-ring (bicyclic) bond motifs is 1. The van der Waals surface area contributed by atoms with Crippen molar-refractivity contribution >= 4 is 11.7 Å². The lowest BCUT2D eigenvalue weighted by atomic mass is 10.1. The van der Waals surface area contributed by atoms with Crippen LogP contribution in [0, 0.1) is 5.82 Å². The van der Waals surface area contributed by atoms with Crippen molar-refractivity contribution in [3.63, 3.8) is 0 Å². The number of nitrogen functional groups attached to an aromatic ring is 1. The maximum absolute atomic E-state index is 13.6. The Labute approximate surface area is 122 Å². The predicted molar refractivity (Wildman–Crippen MR) is 78.4 cm³/mol. The quantitative estimate of drug-likeness (QED) is 0.695. The van der Waals surface area contributed by atoms with Crippen molar-refractivity contribution in [1.82, 2.24) is 0 Å². The molecule has 0 radical (unpaired) electrons. The predicted octanol–water partition coefficient (Wildman–Crippen LogP) is 3.25. The summed E-state index contributed by atoms with van der Waals surface area (Å²) in [6, 6.07) is 9.96. The first-order chi connectivity index (χ1) is 10.1. The van der Waals surface area contributed by atoms with Crippen molar-refractivity contribution < 1.29 is 13.9 Å². The van der Waals surface area contributed by atoms with Crippen LogP contribution in [0.15, 0.2) is 36.4 Å². The number of ether oxygens (including phenoxy) is 1. The molecule has 3 rings (SSSR count). The highest BCUT2D eigenvalue weighted by Crippen LogP contribution is 2.23. The highest BCUT2D eigenvalue weighted by molar-refractivity contribution is 5.90. The summed E-state index contributed by atoms with van der Waals surface area (Å²) in [6.07, 6.45) is 3.36. The van der Waals surface area contributed by atoms with E-state index in [4.69, 9.17) is 10.5 Å². The molecule has 4 heteroatoms. The SMILES string of the molecule is Nc1ccc(F)c(C(=O)OCc2ccc3c(c2)CCC3)c1. The number of anilines is 1. The first-order valence-corrected chi connectivity index (χ1v) is 6.96.